The minimum Gasteiger partial charge on any atom is -0.506 e. The first-order chi connectivity index (χ1) is 11.2. The Morgan fingerprint density at radius 1 is 1.46 bits per heavy atom. The molecule has 0 aliphatic carbocycles. The molecule has 0 bridgehead atoms. The van der Waals surface area contributed by atoms with Gasteiger partial charge in [-0.2, -0.15) is 5.26 Å². The van der Waals surface area contributed by atoms with Gasteiger partial charge in [0.05, 0.1) is 4.92 Å². The predicted octanol–water partition coefficient (Wildman–Crippen LogP) is 0.476. The van der Waals surface area contributed by atoms with E-state index in [0.29, 0.717) is 6.54 Å². The van der Waals surface area contributed by atoms with Crippen molar-refractivity contribution in [3.05, 3.63) is 33.4 Å². The van der Waals surface area contributed by atoms with Crippen LogP contribution in [0.3, 0.4) is 0 Å². The summed E-state index contributed by atoms with van der Waals surface area (Å²) in [6, 6.07) is 3.11. The third-order valence-electron chi connectivity index (χ3n) is 3.15. The average molecular weight is 336 g/mol. The Balaban J connectivity index is 3.37. The molecule has 24 heavy (non-hydrogen) atoms. The summed E-state index contributed by atoms with van der Waals surface area (Å²) < 4.78 is 0. The van der Waals surface area contributed by atoms with E-state index in [2.05, 4.69) is 5.32 Å². The minimum atomic E-state index is -0.979. The highest BCUT2D eigenvalue weighted by molar-refractivity contribution is 6.03. The Kier molecular flexibility index (Phi) is 6.08. The number of carbonyl (C=O) groups is 1. The van der Waals surface area contributed by atoms with E-state index in [0.717, 1.165) is 12.1 Å². The molecule has 0 atom stereocenters. The molecule has 0 saturated heterocycles. The standard InChI is InChI=1S/C14H16N4O6/c1-16-3-4-17(2)14(22)9(7-15)12(20)8-5-10(18(23)24)13(21)11(19)6-8/h5-6,16,19-21H,3-4H2,1-2H3/b12-9-. The zero-order valence-corrected chi connectivity index (χ0v) is 13.0. The van der Waals surface area contributed by atoms with Gasteiger partial charge in [0.2, 0.25) is 5.75 Å². The van der Waals surface area contributed by atoms with Gasteiger partial charge in [-0.25, -0.2) is 0 Å². The van der Waals surface area contributed by atoms with Crippen molar-refractivity contribution in [2.75, 3.05) is 27.2 Å². The number of rotatable bonds is 6. The fraction of sp³-hybridized carbons (Fsp3) is 0.286. The van der Waals surface area contributed by atoms with Crippen molar-refractivity contribution >= 4 is 17.4 Å². The number of nitrogens with one attached hydrogen (secondary N) is 1. The first-order valence-electron chi connectivity index (χ1n) is 6.68. The summed E-state index contributed by atoms with van der Waals surface area (Å²) in [6.07, 6.45) is 0. The summed E-state index contributed by atoms with van der Waals surface area (Å²) in [5.74, 6) is -3.47. The van der Waals surface area contributed by atoms with Gasteiger partial charge in [-0.1, -0.05) is 0 Å². The van der Waals surface area contributed by atoms with Crippen molar-refractivity contribution in [2.24, 2.45) is 0 Å². The maximum absolute atomic E-state index is 12.2. The number of phenols is 2. The molecule has 1 aromatic carbocycles. The molecule has 4 N–H and O–H groups in total. The molecule has 0 fully saturated rings. The zero-order chi connectivity index (χ0) is 18.4. The molecular formula is C14H16N4O6. The maximum atomic E-state index is 12.2. The van der Waals surface area contributed by atoms with E-state index < -0.39 is 39.3 Å². The highest BCUT2D eigenvalue weighted by Gasteiger charge is 2.24. The van der Waals surface area contributed by atoms with Crippen LogP contribution >= 0.6 is 0 Å². The molecule has 0 radical (unpaired) electrons. The second-order valence-electron chi connectivity index (χ2n) is 4.79. The first kappa shape index (κ1) is 18.7. The Morgan fingerprint density at radius 2 is 2.08 bits per heavy atom. The number of hydrogen-bond donors (Lipinski definition) is 4. The fourth-order valence-corrected chi connectivity index (χ4v) is 1.80. The van der Waals surface area contributed by atoms with E-state index >= 15 is 0 Å². The van der Waals surface area contributed by atoms with Crippen LogP contribution < -0.4 is 5.32 Å². The summed E-state index contributed by atoms with van der Waals surface area (Å²) >= 11 is 0. The largest absolute Gasteiger partial charge is 0.506 e. The Labute approximate surface area is 137 Å². The number of nitro benzene ring substituents is 1. The maximum Gasteiger partial charge on any atom is 0.315 e. The molecule has 1 aromatic rings. The number of nitrogens with zero attached hydrogens (tertiary/aromatic N) is 3. The molecule has 0 saturated carbocycles. The van der Waals surface area contributed by atoms with E-state index in [4.69, 9.17) is 5.26 Å². The van der Waals surface area contributed by atoms with Crippen LogP contribution in [-0.4, -0.2) is 58.2 Å². The SMILES string of the molecule is CNCCN(C)C(=O)/C(C#N)=C(\O)c1cc(O)c(O)c([N+](=O)[O-])c1. The van der Waals surface area contributed by atoms with Gasteiger partial charge >= 0.3 is 5.69 Å². The second kappa shape index (κ2) is 7.80. The third-order valence-corrected chi connectivity index (χ3v) is 3.15. The number of likely N-dealkylation sites (N-methyl/N-ethyl adjacent to an activating group) is 2. The lowest BCUT2D eigenvalue weighted by atomic mass is 10.1. The first-order valence-corrected chi connectivity index (χ1v) is 6.68. The van der Waals surface area contributed by atoms with Gasteiger partial charge in [-0.15, -0.1) is 0 Å². The molecule has 0 aromatic heterocycles. The monoisotopic (exact) mass is 336 g/mol. The Hall–Kier alpha value is -3.32. The third kappa shape index (κ3) is 3.90. The van der Waals surface area contributed by atoms with Crippen LogP contribution in [0.5, 0.6) is 11.5 Å². The number of nitriles is 1. The van der Waals surface area contributed by atoms with Crippen LogP contribution in [-0.2, 0) is 4.79 Å². The number of phenolic OH excluding ortho intramolecular Hbond substituents is 2. The number of nitro groups is 1. The number of hydrogen-bond acceptors (Lipinski definition) is 8. The minimum absolute atomic E-state index is 0.259. The Bertz CT molecular complexity index is 738. The van der Waals surface area contributed by atoms with Crippen LogP contribution in [0.1, 0.15) is 5.56 Å². The number of aliphatic hydroxyl groups is 1. The Morgan fingerprint density at radius 3 is 2.58 bits per heavy atom. The summed E-state index contributed by atoms with van der Waals surface area (Å²) in [5.41, 5.74) is -1.86. The van der Waals surface area contributed by atoms with Crippen molar-refractivity contribution < 1.29 is 25.0 Å². The summed E-state index contributed by atoms with van der Waals surface area (Å²) in [5, 5.41) is 51.9. The van der Waals surface area contributed by atoms with Crippen LogP contribution in [0.15, 0.2) is 17.7 Å². The number of benzene rings is 1. The van der Waals surface area contributed by atoms with Gasteiger partial charge in [-0.05, 0) is 13.1 Å². The van der Waals surface area contributed by atoms with Crippen molar-refractivity contribution in [1.82, 2.24) is 10.2 Å². The number of carbonyl (C=O) groups excluding carboxylic acids is 1. The van der Waals surface area contributed by atoms with Crippen molar-refractivity contribution in [2.45, 2.75) is 0 Å². The highest BCUT2D eigenvalue weighted by Crippen LogP contribution is 2.38. The van der Waals surface area contributed by atoms with Crippen LogP contribution in [0.2, 0.25) is 0 Å². The van der Waals surface area contributed by atoms with Gasteiger partial charge in [0.15, 0.2) is 11.3 Å². The molecule has 1 amide bonds. The molecule has 0 aliphatic rings. The quantitative estimate of drug-likeness (QED) is 0.146. The zero-order valence-electron chi connectivity index (χ0n) is 13.0. The lowest BCUT2D eigenvalue weighted by Crippen LogP contribution is -2.33. The fourth-order valence-electron chi connectivity index (χ4n) is 1.80. The molecule has 10 nitrogen and oxygen atoms in total. The molecule has 0 unspecified atom stereocenters. The molecule has 128 valence electrons. The molecule has 0 aliphatic heterocycles. The van der Waals surface area contributed by atoms with Crippen molar-refractivity contribution in [3.63, 3.8) is 0 Å². The summed E-state index contributed by atoms with van der Waals surface area (Å²) in [4.78, 5) is 23.2. The molecular weight excluding hydrogens is 320 g/mol. The van der Waals surface area contributed by atoms with Crippen molar-refractivity contribution in [3.8, 4) is 17.6 Å². The number of aliphatic hydroxyl groups excluding tert-OH is 1. The van der Waals surface area contributed by atoms with Gasteiger partial charge in [0.1, 0.15) is 11.8 Å². The lowest BCUT2D eigenvalue weighted by molar-refractivity contribution is -0.386. The van der Waals surface area contributed by atoms with Gasteiger partial charge in [0, 0.05) is 31.8 Å². The normalized spacial score (nSPS) is 11.4. The van der Waals surface area contributed by atoms with E-state index in [1.54, 1.807) is 13.1 Å². The molecule has 0 spiro atoms. The van der Waals surface area contributed by atoms with E-state index in [9.17, 15) is 30.2 Å². The highest BCUT2D eigenvalue weighted by atomic mass is 16.6. The topological polar surface area (TPSA) is 160 Å². The van der Waals surface area contributed by atoms with E-state index in [1.807, 2.05) is 0 Å². The predicted molar refractivity (Wildman–Crippen MR) is 83.2 cm³/mol. The summed E-state index contributed by atoms with van der Waals surface area (Å²) in [7, 11) is 3.09. The molecule has 10 heteroatoms. The van der Waals surface area contributed by atoms with Crippen molar-refractivity contribution in [1.29, 1.82) is 5.26 Å². The van der Waals surface area contributed by atoms with Crippen LogP contribution in [0.4, 0.5) is 5.69 Å². The molecule has 0 heterocycles. The van der Waals surface area contributed by atoms with Gasteiger partial charge in [-0.3, -0.25) is 14.9 Å². The summed E-state index contributed by atoms with van der Waals surface area (Å²) in [6.45, 7) is 0.710. The lowest BCUT2D eigenvalue weighted by Gasteiger charge is -2.17. The van der Waals surface area contributed by atoms with Crippen LogP contribution in [0.25, 0.3) is 5.76 Å². The number of aromatic hydroxyl groups is 2. The van der Waals surface area contributed by atoms with Gasteiger partial charge in [0.25, 0.3) is 5.91 Å². The van der Waals surface area contributed by atoms with E-state index in [-0.39, 0.29) is 12.1 Å². The second-order valence-corrected chi connectivity index (χ2v) is 4.79. The van der Waals surface area contributed by atoms with E-state index in [1.165, 1.54) is 11.9 Å². The van der Waals surface area contributed by atoms with Crippen LogP contribution in [0, 0.1) is 21.4 Å². The average Bonchev–Trinajstić information content (AvgIpc) is 2.54. The smallest absolute Gasteiger partial charge is 0.315 e. The van der Waals surface area contributed by atoms with Gasteiger partial charge < -0.3 is 25.5 Å². The molecule has 1 rings (SSSR count). The number of amides is 1.